The molecule has 0 saturated carbocycles. The van der Waals surface area contributed by atoms with Crippen LogP contribution >= 0.6 is 11.8 Å². The number of carbonyl (C=O) groups is 1. The van der Waals surface area contributed by atoms with E-state index >= 15 is 0 Å². The predicted octanol–water partition coefficient (Wildman–Crippen LogP) is 5.18. The molecule has 25 heavy (non-hydrogen) atoms. The van der Waals surface area contributed by atoms with E-state index in [1.165, 1.54) is 4.90 Å². The lowest BCUT2D eigenvalue weighted by molar-refractivity contribution is 0.0470. The van der Waals surface area contributed by atoms with Gasteiger partial charge in [-0.1, -0.05) is 37.3 Å². The van der Waals surface area contributed by atoms with Gasteiger partial charge in [0.25, 0.3) is 0 Å². The van der Waals surface area contributed by atoms with Crippen molar-refractivity contribution in [1.82, 2.24) is 4.98 Å². The molecule has 0 unspecified atom stereocenters. The van der Waals surface area contributed by atoms with Crippen LogP contribution in [0.25, 0.3) is 10.9 Å². The van der Waals surface area contributed by atoms with Gasteiger partial charge >= 0.3 is 5.97 Å². The molecule has 0 aliphatic carbocycles. The van der Waals surface area contributed by atoms with Crippen molar-refractivity contribution in [3.05, 3.63) is 70.9 Å². The minimum absolute atomic E-state index is 0.267. The van der Waals surface area contributed by atoms with Crippen LogP contribution < -0.4 is 0 Å². The number of para-hydroxylation sites is 1. The summed E-state index contributed by atoms with van der Waals surface area (Å²) in [5.74, 6) is -0.304. The number of rotatable bonds is 5. The molecule has 0 radical (unpaired) electrons. The molecule has 0 fully saturated rings. The summed E-state index contributed by atoms with van der Waals surface area (Å²) in [7, 11) is 0. The molecule has 0 spiro atoms. The van der Waals surface area contributed by atoms with Crippen LogP contribution in [0, 0.1) is 6.92 Å². The molecule has 0 N–H and O–H groups in total. The number of hydrogen-bond acceptors (Lipinski definition) is 4. The van der Waals surface area contributed by atoms with Gasteiger partial charge in [-0.2, -0.15) is 0 Å². The molecule has 1 heterocycles. The van der Waals surface area contributed by atoms with Crippen LogP contribution in [0.2, 0.25) is 0 Å². The zero-order chi connectivity index (χ0) is 17.8. The Morgan fingerprint density at radius 1 is 1.12 bits per heavy atom. The Hall–Kier alpha value is -2.33. The summed E-state index contributed by atoms with van der Waals surface area (Å²) in [5.41, 5.74) is 4.22. The van der Waals surface area contributed by atoms with Crippen molar-refractivity contribution in [3.63, 3.8) is 0 Å². The quantitative estimate of drug-likeness (QED) is 0.469. The van der Waals surface area contributed by atoms with Crippen molar-refractivity contribution in [2.45, 2.75) is 31.8 Å². The first-order valence-corrected chi connectivity index (χ1v) is 9.54. The van der Waals surface area contributed by atoms with E-state index in [-0.39, 0.29) is 12.6 Å². The molecule has 3 nitrogen and oxygen atoms in total. The van der Waals surface area contributed by atoms with Gasteiger partial charge in [-0.25, -0.2) is 4.79 Å². The van der Waals surface area contributed by atoms with E-state index in [1.807, 2.05) is 68.6 Å². The fourth-order valence-corrected chi connectivity index (χ4v) is 3.32. The van der Waals surface area contributed by atoms with E-state index in [1.54, 1.807) is 11.8 Å². The zero-order valence-electron chi connectivity index (χ0n) is 14.7. The van der Waals surface area contributed by atoms with Crippen molar-refractivity contribution in [2.75, 3.05) is 6.26 Å². The van der Waals surface area contributed by atoms with E-state index in [4.69, 9.17) is 4.74 Å². The second kappa shape index (κ2) is 7.70. The van der Waals surface area contributed by atoms with Gasteiger partial charge in [0.2, 0.25) is 0 Å². The number of benzene rings is 2. The number of aromatic nitrogens is 1. The van der Waals surface area contributed by atoms with E-state index in [0.717, 1.165) is 27.7 Å². The van der Waals surface area contributed by atoms with Crippen molar-refractivity contribution >= 4 is 28.6 Å². The van der Waals surface area contributed by atoms with Gasteiger partial charge in [0, 0.05) is 10.3 Å². The Labute approximate surface area is 152 Å². The molecular formula is C21H21NO2S. The van der Waals surface area contributed by atoms with Crippen molar-refractivity contribution in [3.8, 4) is 0 Å². The summed E-state index contributed by atoms with van der Waals surface area (Å²) in [6.45, 7) is 4.24. The molecule has 0 aliphatic rings. The first-order chi connectivity index (χ1) is 12.1. The number of fused-ring (bicyclic) bond motifs is 1. The molecule has 1 aromatic heterocycles. The molecule has 3 rings (SSSR count). The maximum Gasteiger partial charge on any atom is 0.340 e. The molecule has 0 amide bonds. The number of pyridine rings is 1. The maximum atomic E-state index is 12.7. The Morgan fingerprint density at radius 3 is 2.52 bits per heavy atom. The summed E-state index contributed by atoms with van der Waals surface area (Å²) in [4.78, 5) is 18.6. The third kappa shape index (κ3) is 3.69. The van der Waals surface area contributed by atoms with Gasteiger partial charge < -0.3 is 4.74 Å². The number of aryl methyl sites for hydroxylation is 2. The zero-order valence-corrected chi connectivity index (χ0v) is 15.5. The van der Waals surface area contributed by atoms with E-state index in [9.17, 15) is 4.79 Å². The Bertz CT molecular complexity index is 904. The SMILES string of the molecule is CCc1nc2ccccc2c(C)c1C(=O)OCc1ccc(SC)cc1. The van der Waals surface area contributed by atoms with Crippen LogP contribution in [-0.4, -0.2) is 17.2 Å². The number of hydrogen-bond donors (Lipinski definition) is 0. The summed E-state index contributed by atoms with van der Waals surface area (Å²) >= 11 is 1.69. The molecule has 0 saturated heterocycles. The van der Waals surface area contributed by atoms with Crippen LogP contribution in [0.1, 0.15) is 34.1 Å². The normalized spacial score (nSPS) is 10.8. The van der Waals surface area contributed by atoms with Gasteiger partial charge in [0.05, 0.1) is 16.8 Å². The van der Waals surface area contributed by atoms with E-state index in [2.05, 4.69) is 4.98 Å². The summed E-state index contributed by atoms with van der Waals surface area (Å²) < 4.78 is 5.57. The number of nitrogens with zero attached hydrogens (tertiary/aromatic N) is 1. The highest BCUT2D eigenvalue weighted by molar-refractivity contribution is 7.98. The highest BCUT2D eigenvalue weighted by Crippen LogP contribution is 2.24. The van der Waals surface area contributed by atoms with Crippen LogP contribution in [0.15, 0.2) is 53.4 Å². The maximum absolute atomic E-state index is 12.7. The second-order valence-corrected chi connectivity index (χ2v) is 6.73. The van der Waals surface area contributed by atoms with Gasteiger partial charge in [-0.05, 0) is 48.9 Å². The van der Waals surface area contributed by atoms with Crippen LogP contribution in [-0.2, 0) is 17.8 Å². The smallest absolute Gasteiger partial charge is 0.340 e. The average molecular weight is 351 g/mol. The fourth-order valence-electron chi connectivity index (χ4n) is 2.91. The van der Waals surface area contributed by atoms with Crippen molar-refractivity contribution in [2.24, 2.45) is 0 Å². The minimum atomic E-state index is -0.304. The van der Waals surface area contributed by atoms with Crippen LogP contribution in [0.3, 0.4) is 0 Å². The number of ether oxygens (including phenoxy) is 1. The number of esters is 1. The lowest BCUT2D eigenvalue weighted by Crippen LogP contribution is -2.12. The Kier molecular flexibility index (Phi) is 5.39. The molecule has 3 aromatic rings. The lowest BCUT2D eigenvalue weighted by atomic mass is 10.0. The average Bonchev–Trinajstić information content (AvgIpc) is 2.66. The van der Waals surface area contributed by atoms with Gasteiger partial charge in [0.15, 0.2) is 0 Å². The third-order valence-corrected chi connectivity index (χ3v) is 5.04. The van der Waals surface area contributed by atoms with Gasteiger partial charge in [0.1, 0.15) is 6.61 Å². The number of carbonyl (C=O) groups excluding carboxylic acids is 1. The van der Waals surface area contributed by atoms with Crippen LogP contribution in [0.4, 0.5) is 0 Å². The summed E-state index contributed by atoms with van der Waals surface area (Å²) in [6, 6.07) is 16.0. The standard InChI is InChI=1S/C21H21NO2S/c1-4-18-20(14(2)17-7-5-6-8-19(17)22-18)21(23)24-13-15-9-11-16(25-3)12-10-15/h5-12H,4,13H2,1-3H3. The first kappa shape index (κ1) is 17.5. The molecule has 4 heteroatoms. The topological polar surface area (TPSA) is 39.2 Å². The predicted molar refractivity (Wildman–Crippen MR) is 103 cm³/mol. The van der Waals surface area contributed by atoms with Gasteiger partial charge in [-0.15, -0.1) is 11.8 Å². The Morgan fingerprint density at radius 2 is 1.84 bits per heavy atom. The highest BCUT2D eigenvalue weighted by atomic mass is 32.2. The lowest BCUT2D eigenvalue weighted by Gasteiger charge is -2.13. The fraction of sp³-hybridized carbons (Fsp3) is 0.238. The van der Waals surface area contributed by atoms with E-state index in [0.29, 0.717) is 12.0 Å². The van der Waals surface area contributed by atoms with Crippen LogP contribution in [0.5, 0.6) is 0 Å². The highest BCUT2D eigenvalue weighted by Gasteiger charge is 2.19. The first-order valence-electron chi connectivity index (χ1n) is 8.32. The second-order valence-electron chi connectivity index (χ2n) is 5.85. The summed E-state index contributed by atoms with van der Waals surface area (Å²) in [6.07, 6.45) is 2.73. The monoisotopic (exact) mass is 351 g/mol. The molecule has 0 atom stereocenters. The molecule has 0 aliphatic heterocycles. The molecular weight excluding hydrogens is 330 g/mol. The third-order valence-electron chi connectivity index (χ3n) is 4.30. The number of thioether (sulfide) groups is 1. The molecule has 128 valence electrons. The van der Waals surface area contributed by atoms with Crippen molar-refractivity contribution < 1.29 is 9.53 Å². The largest absolute Gasteiger partial charge is 0.457 e. The summed E-state index contributed by atoms with van der Waals surface area (Å²) in [5, 5.41) is 0.996. The van der Waals surface area contributed by atoms with Crippen molar-refractivity contribution in [1.29, 1.82) is 0 Å². The minimum Gasteiger partial charge on any atom is -0.457 e. The molecule has 2 aromatic carbocycles. The van der Waals surface area contributed by atoms with Gasteiger partial charge in [-0.3, -0.25) is 4.98 Å². The molecule has 0 bridgehead atoms. The Balaban J connectivity index is 1.86. The van der Waals surface area contributed by atoms with E-state index < -0.39 is 0 Å².